The molecule has 1 unspecified atom stereocenters. The van der Waals surface area contributed by atoms with Gasteiger partial charge in [0, 0.05) is 0 Å². The Morgan fingerprint density at radius 1 is 1.00 bits per heavy atom. The molecule has 1 aliphatic rings. The molecule has 0 aromatic carbocycles. The summed E-state index contributed by atoms with van der Waals surface area (Å²) in [5.41, 5.74) is 0. The highest BCUT2D eigenvalue weighted by Gasteiger charge is 2.45. The molecule has 0 spiro atoms. The van der Waals surface area contributed by atoms with E-state index in [-0.39, 0.29) is 17.6 Å². The third-order valence-electron chi connectivity index (χ3n) is 5.21. The van der Waals surface area contributed by atoms with E-state index in [2.05, 4.69) is 6.92 Å². The van der Waals surface area contributed by atoms with Crippen molar-refractivity contribution in [1.29, 1.82) is 0 Å². The number of rotatable bonds is 14. The van der Waals surface area contributed by atoms with E-state index in [1.807, 2.05) is 0 Å². The van der Waals surface area contributed by atoms with Crippen LogP contribution in [0, 0.1) is 0 Å². The van der Waals surface area contributed by atoms with Gasteiger partial charge in [-0.05, 0) is 6.42 Å². The minimum absolute atomic E-state index is 0.0344. The van der Waals surface area contributed by atoms with Crippen LogP contribution in [0.25, 0.3) is 0 Å². The summed E-state index contributed by atoms with van der Waals surface area (Å²) < 4.78 is 1.69. The molecule has 0 radical (unpaired) electrons. The zero-order valence-electron chi connectivity index (χ0n) is 16.6. The number of nitrogens with zero attached hydrogens (tertiary/aromatic N) is 2. The van der Waals surface area contributed by atoms with Gasteiger partial charge in [0.25, 0.3) is 0 Å². The highest BCUT2D eigenvalue weighted by molar-refractivity contribution is 5.72. The molecule has 27 heavy (non-hydrogen) atoms. The Kier molecular flexibility index (Phi) is 10.9. The molecule has 1 heterocycles. The van der Waals surface area contributed by atoms with Gasteiger partial charge < -0.3 is 25.5 Å². The van der Waals surface area contributed by atoms with Crippen LogP contribution in [-0.2, 0) is 0 Å². The molecule has 0 saturated carbocycles. The van der Waals surface area contributed by atoms with Crippen molar-refractivity contribution < 1.29 is 34.6 Å². The van der Waals surface area contributed by atoms with E-state index in [4.69, 9.17) is 5.11 Å². The Morgan fingerprint density at radius 3 is 2.11 bits per heavy atom. The maximum Gasteiger partial charge on any atom is 0.348 e. The monoisotopic (exact) mass is 384 g/mol. The third kappa shape index (κ3) is 8.22. The number of aliphatic hydroxyl groups excluding tert-OH is 3. The molecule has 0 saturated heterocycles. The largest absolute Gasteiger partial charge is 0.626 e. The molecule has 3 N–H and O–H groups in total. The number of unbranched alkanes of at least 4 members (excludes halogenated alkanes) is 8. The summed E-state index contributed by atoms with van der Waals surface area (Å²) in [5.74, 6) is -1.33. The summed E-state index contributed by atoms with van der Waals surface area (Å²) in [5, 5.41) is 50.3. The van der Waals surface area contributed by atoms with Gasteiger partial charge in [0.1, 0.15) is 24.6 Å². The van der Waals surface area contributed by atoms with E-state index in [1.165, 1.54) is 44.7 Å². The van der Waals surface area contributed by atoms with Crippen LogP contribution in [0.15, 0.2) is 24.3 Å². The second-order valence-corrected chi connectivity index (χ2v) is 7.33. The van der Waals surface area contributed by atoms with Crippen LogP contribution in [-0.4, -0.2) is 56.5 Å². The average Bonchev–Trinajstić information content (AvgIpc) is 2.90. The quantitative estimate of drug-likeness (QED) is 0.182. The fourth-order valence-electron chi connectivity index (χ4n) is 3.87. The molecule has 156 valence electrons. The lowest BCUT2D eigenvalue weighted by Gasteiger charge is -2.27. The minimum Gasteiger partial charge on any atom is -0.626 e. The highest BCUT2D eigenvalue weighted by atomic mass is 16.5. The van der Waals surface area contributed by atoms with Crippen LogP contribution in [0.3, 0.4) is 0 Å². The Balaban J connectivity index is 2.66. The van der Waals surface area contributed by atoms with Crippen LogP contribution in [0.5, 0.6) is 0 Å². The van der Waals surface area contributed by atoms with Crippen LogP contribution >= 0.6 is 0 Å². The fraction of sp³-hybridized carbons (Fsp3) is 0.750. The first kappa shape index (κ1) is 23.3. The summed E-state index contributed by atoms with van der Waals surface area (Å²) in [7, 11) is 0. The first-order valence-electron chi connectivity index (χ1n) is 10.2. The van der Waals surface area contributed by atoms with Crippen LogP contribution in [0.4, 0.5) is 0 Å². The SMILES string of the molecule is CCCCCCCCCCCC1=[N+](C=C([O-])O)CC[N+]1(C=C([O-])O)CCO. The first-order valence-corrected chi connectivity index (χ1v) is 10.2. The Labute approximate surface area is 162 Å². The van der Waals surface area contributed by atoms with E-state index in [1.54, 1.807) is 4.58 Å². The van der Waals surface area contributed by atoms with Crippen LogP contribution in [0.2, 0.25) is 0 Å². The van der Waals surface area contributed by atoms with Gasteiger partial charge >= 0.3 is 5.84 Å². The van der Waals surface area contributed by atoms with Gasteiger partial charge in [0.05, 0.1) is 13.0 Å². The molecule has 7 nitrogen and oxygen atoms in total. The second kappa shape index (κ2) is 12.6. The van der Waals surface area contributed by atoms with Gasteiger partial charge in [-0.2, -0.15) is 0 Å². The lowest BCUT2D eigenvalue weighted by Crippen LogP contribution is -2.49. The Morgan fingerprint density at radius 2 is 1.59 bits per heavy atom. The zero-order valence-corrected chi connectivity index (χ0v) is 16.6. The van der Waals surface area contributed by atoms with Gasteiger partial charge in [-0.25, -0.2) is 4.48 Å². The maximum atomic E-state index is 11.3. The predicted molar refractivity (Wildman–Crippen MR) is 100 cm³/mol. The van der Waals surface area contributed by atoms with E-state index < -0.39 is 11.9 Å². The molecular formula is C20H36N2O5. The molecule has 0 amide bonds. The molecule has 0 aromatic rings. The topological polar surface area (TPSA) is 110 Å². The molecule has 0 fully saturated rings. The van der Waals surface area contributed by atoms with E-state index in [0.29, 0.717) is 19.5 Å². The molecular weight excluding hydrogens is 348 g/mol. The first-order chi connectivity index (χ1) is 12.9. The molecule has 1 aliphatic heterocycles. The van der Waals surface area contributed by atoms with Gasteiger partial charge in [0.2, 0.25) is 6.54 Å². The van der Waals surface area contributed by atoms with Crippen LogP contribution < -0.4 is 10.2 Å². The van der Waals surface area contributed by atoms with Crippen molar-refractivity contribution in [3.63, 3.8) is 0 Å². The summed E-state index contributed by atoms with van der Waals surface area (Å²) in [4.78, 5) is 0. The predicted octanol–water partition coefficient (Wildman–Crippen LogP) is 1.58. The second-order valence-electron chi connectivity index (χ2n) is 7.33. The minimum atomic E-state index is -1.05. The van der Waals surface area contributed by atoms with Crippen molar-refractivity contribution in [2.75, 3.05) is 26.2 Å². The molecule has 0 bridgehead atoms. The molecule has 7 heteroatoms. The number of aliphatic hydroxyl groups is 3. The fourth-order valence-corrected chi connectivity index (χ4v) is 3.87. The van der Waals surface area contributed by atoms with Crippen molar-refractivity contribution in [2.45, 2.75) is 71.1 Å². The van der Waals surface area contributed by atoms with Gasteiger partial charge in [-0.3, -0.25) is 0 Å². The van der Waals surface area contributed by atoms with Crippen molar-refractivity contribution in [3.8, 4) is 0 Å². The molecule has 0 aliphatic carbocycles. The third-order valence-corrected chi connectivity index (χ3v) is 5.21. The average molecular weight is 385 g/mol. The van der Waals surface area contributed by atoms with Gasteiger partial charge in [-0.1, -0.05) is 58.3 Å². The van der Waals surface area contributed by atoms with Gasteiger partial charge in [0.15, 0.2) is 12.7 Å². The smallest absolute Gasteiger partial charge is 0.348 e. The molecule has 1 rings (SSSR count). The summed E-state index contributed by atoms with van der Waals surface area (Å²) in [6.07, 6.45) is 13.7. The number of hydrogen-bond donors (Lipinski definition) is 3. The van der Waals surface area contributed by atoms with Crippen molar-refractivity contribution >= 4 is 5.84 Å². The van der Waals surface area contributed by atoms with E-state index in [0.717, 1.165) is 31.3 Å². The lowest BCUT2D eigenvalue weighted by atomic mass is 10.1. The number of hydrogen-bond acceptors (Lipinski definition) is 5. The normalized spacial score (nSPS) is 21.3. The lowest BCUT2D eigenvalue weighted by molar-refractivity contribution is -0.790. The molecule has 1 atom stereocenters. The Bertz CT molecular complexity index is 522. The van der Waals surface area contributed by atoms with E-state index >= 15 is 0 Å². The highest BCUT2D eigenvalue weighted by Crippen LogP contribution is 2.22. The van der Waals surface area contributed by atoms with Crippen molar-refractivity contribution in [1.82, 2.24) is 0 Å². The summed E-state index contributed by atoms with van der Waals surface area (Å²) >= 11 is 0. The number of amidine groups is 1. The maximum absolute atomic E-state index is 11.3. The molecule has 0 aromatic heterocycles. The Hall–Kier alpha value is -1.73. The zero-order chi connectivity index (χ0) is 20.1. The van der Waals surface area contributed by atoms with Crippen LogP contribution in [0.1, 0.15) is 71.1 Å². The summed E-state index contributed by atoms with van der Waals surface area (Å²) in [6, 6.07) is 0. The number of quaternary nitrogens is 1. The van der Waals surface area contributed by atoms with Gasteiger partial charge in [-0.15, -0.1) is 4.58 Å². The summed E-state index contributed by atoms with van der Waals surface area (Å²) in [6.45, 7) is 3.23. The van der Waals surface area contributed by atoms with E-state index in [9.17, 15) is 20.4 Å². The van der Waals surface area contributed by atoms with Crippen molar-refractivity contribution in [3.05, 3.63) is 24.3 Å². The standard InChI is InChI=1S/C20H36N2O5/c1-2-3-4-5-6-7-8-9-10-11-18-21(16-19(24)25)12-13-22(18,14-15-23)17-20(26)27/h16-17,23H,2-15H2,1H3,(H2-2,24,25,26,27). The van der Waals surface area contributed by atoms with Crippen molar-refractivity contribution in [2.24, 2.45) is 0 Å².